The van der Waals surface area contributed by atoms with Crippen LogP contribution >= 0.6 is 45.2 Å². The molecule has 0 saturated carbocycles. The second kappa shape index (κ2) is 4.01. The van der Waals surface area contributed by atoms with Crippen LogP contribution in [0.2, 0.25) is 0 Å². The van der Waals surface area contributed by atoms with Gasteiger partial charge in [-0.25, -0.2) is 4.98 Å². The average molecular weight is 403 g/mol. The maximum atomic E-state index is 4.49. The first-order valence-corrected chi connectivity index (χ1v) is 6.49. The molecule has 72 valence electrons. The van der Waals surface area contributed by atoms with Crippen LogP contribution in [0.1, 0.15) is 31.6 Å². The van der Waals surface area contributed by atoms with E-state index in [0.29, 0.717) is 12.1 Å². The zero-order valence-electron chi connectivity index (χ0n) is 7.27. The zero-order chi connectivity index (χ0) is 9.42. The number of aromatic amines is 1. The Bertz CT molecular complexity index is 291. The third-order valence-electron chi connectivity index (χ3n) is 2.34. The van der Waals surface area contributed by atoms with Crippen LogP contribution in [0.4, 0.5) is 0 Å². The third kappa shape index (κ3) is 2.17. The largest absolute Gasteiger partial charge is 0.335 e. The molecule has 1 aromatic heterocycles. The molecular formula is C8H11I2N3. The highest BCUT2D eigenvalue weighted by Gasteiger charge is 2.24. The number of nitrogens with one attached hydrogen (secondary N) is 2. The Morgan fingerprint density at radius 1 is 1.38 bits per heavy atom. The normalized spacial score (nSPS) is 28.2. The van der Waals surface area contributed by atoms with E-state index in [1.165, 1.54) is 12.8 Å². The van der Waals surface area contributed by atoms with Crippen molar-refractivity contribution in [2.24, 2.45) is 0 Å². The Kier molecular flexibility index (Phi) is 3.14. The van der Waals surface area contributed by atoms with Crippen molar-refractivity contribution >= 4 is 45.2 Å². The minimum absolute atomic E-state index is 0.437. The molecule has 0 unspecified atom stereocenters. The van der Waals surface area contributed by atoms with Gasteiger partial charge in [0, 0.05) is 6.04 Å². The molecule has 1 fully saturated rings. The van der Waals surface area contributed by atoms with Gasteiger partial charge in [0.1, 0.15) is 13.2 Å². The van der Waals surface area contributed by atoms with Gasteiger partial charge < -0.3 is 10.3 Å². The van der Waals surface area contributed by atoms with E-state index in [4.69, 9.17) is 0 Å². The fourth-order valence-corrected chi connectivity index (χ4v) is 2.45. The Balaban J connectivity index is 2.17. The van der Waals surface area contributed by atoms with E-state index in [2.05, 4.69) is 67.4 Å². The molecule has 13 heavy (non-hydrogen) atoms. The molecular weight excluding hydrogens is 392 g/mol. The summed E-state index contributed by atoms with van der Waals surface area (Å²) in [7, 11) is 0. The average Bonchev–Trinajstić information content (AvgIpc) is 2.61. The van der Waals surface area contributed by atoms with E-state index in [1.54, 1.807) is 0 Å². The van der Waals surface area contributed by atoms with E-state index < -0.39 is 0 Å². The van der Waals surface area contributed by atoms with Crippen LogP contribution in [0.25, 0.3) is 0 Å². The van der Waals surface area contributed by atoms with Gasteiger partial charge in [-0.2, -0.15) is 0 Å². The van der Waals surface area contributed by atoms with Crippen LogP contribution in [-0.2, 0) is 0 Å². The third-order valence-corrected chi connectivity index (χ3v) is 4.93. The van der Waals surface area contributed by atoms with Gasteiger partial charge in [-0.3, -0.25) is 0 Å². The SMILES string of the molecule is C[C@H]1CC[C@@H](c2nc(I)c(I)[nH]2)N1. The van der Waals surface area contributed by atoms with Crippen molar-refractivity contribution in [2.45, 2.75) is 31.8 Å². The summed E-state index contributed by atoms with van der Waals surface area (Å²) in [6, 6.07) is 1.07. The number of H-pyrrole nitrogens is 1. The van der Waals surface area contributed by atoms with Gasteiger partial charge in [-0.15, -0.1) is 0 Å². The molecule has 0 radical (unpaired) electrons. The molecule has 0 aliphatic carbocycles. The van der Waals surface area contributed by atoms with Gasteiger partial charge in [-0.1, -0.05) is 0 Å². The summed E-state index contributed by atoms with van der Waals surface area (Å²) in [4.78, 5) is 7.80. The lowest BCUT2D eigenvalue weighted by molar-refractivity contribution is 0.563. The van der Waals surface area contributed by atoms with Crippen LogP contribution in [0.15, 0.2) is 0 Å². The highest BCUT2D eigenvalue weighted by Crippen LogP contribution is 2.25. The molecule has 2 heterocycles. The van der Waals surface area contributed by atoms with E-state index >= 15 is 0 Å². The first-order valence-electron chi connectivity index (χ1n) is 4.34. The molecule has 0 amide bonds. The molecule has 2 N–H and O–H groups in total. The maximum absolute atomic E-state index is 4.49. The number of imidazole rings is 1. The number of rotatable bonds is 1. The Morgan fingerprint density at radius 2 is 2.15 bits per heavy atom. The van der Waals surface area contributed by atoms with Crippen LogP contribution in [0, 0.1) is 7.40 Å². The zero-order valence-corrected chi connectivity index (χ0v) is 11.6. The first kappa shape index (κ1) is 10.2. The minimum Gasteiger partial charge on any atom is -0.335 e. The highest BCUT2D eigenvalue weighted by molar-refractivity contribution is 14.1. The second-order valence-corrected chi connectivity index (χ2v) is 5.53. The molecule has 5 heteroatoms. The van der Waals surface area contributed by atoms with E-state index in [0.717, 1.165) is 13.2 Å². The summed E-state index contributed by atoms with van der Waals surface area (Å²) in [6.45, 7) is 2.22. The molecule has 2 atom stereocenters. The van der Waals surface area contributed by atoms with Gasteiger partial charge >= 0.3 is 0 Å². The molecule has 2 rings (SSSR count). The fourth-order valence-electron chi connectivity index (χ4n) is 1.65. The Morgan fingerprint density at radius 3 is 2.62 bits per heavy atom. The lowest BCUT2D eigenvalue weighted by atomic mass is 10.2. The van der Waals surface area contributed by atoms with E-state index in [-0.39, 0.29) is 0 Å². The quantitative estimate of drug-likeness (QED) is 0.708. The maximum Gasteiger partial charge on any atom is 0.133 e. The molecule has 1 aliphatic heterocycles. The minimum atomic E-state index is 0.437. The standard InChI is InChI=1S/C8H11I2N3/c1-4-2-3-5(11-4)8-12-6(9)7(10)13-8/h4-5,11H,2-3H2,1H3,(H,12,13)/t4-,5-/m0/s1. The monoisotopic (exact) mass is 403 g/mol. The molecule has 1 saturated heterocycles. The number of hydrogen-bond donors (Lipinski definition) is 2. The molecule has 3 nitrogen and oxygen atoms in total. The smallest absolute Gasteiger partial charge is 0.133 e. The van der Waals surface area contributed by atoms with Crippen LogP contribution < -0.4 is 5.32 Å². The van der Waals surface area contributed by atoms with Gasteiger partial charge in [0.2, 0.25) is 0 Å². The Hall–Kier alpha value is 0.630. The lowest BCUT2D eigenvalue weighted by Gasteiger charge is -2.07. The predicted octanol–water partition coefficient (Wildman–Crippen LogP) is 2.43. The molecule has 0 bridgehead atoms. The van der Waals surface area contributed by atoms with Gasteiger partial charge in [0.05, 0.1) is 6.04 Å². The van der Waals surface area contributed by atoms with Crippen molar-refractivity contribution in [2.75, 3.05) is 0 Å². The summed E-state index contributed by atoms with van der Waals surface area (Å²) in [6.07, 6.45) is 2.44. The van der Waals surface area contributed by atoms with Crippen molar-refractivity contribution in [3.8, 4) is 0 Å². The van der Waals surface area contributed by atoms with E-state index in [9.17, 15) is 0 Å². The Labute approximate surface area is 105 Å². The number of aromatic nitrogens is 2. The summed E-state index contributed by atoms with van der Waals surface area (Å²) >= 11 is 4.54. The summed E-state index contributed by atoms with van der Waals surface area (Å²) in [5, 5.41) is 3.51. The molecule has 1 aliphatic rings. The number of hydrogen-bond acceptors (Lipinski definition) is 2. The lowest BCUT2D eigenvalue weighted by Crippen LogP contribution is -2.21. The predicted molar refractivity (Wildman–Crippen MR) is 68.6 cm³/mol. The summed E-state index contributed by atoms with van der Waals surface area (Å²) < 4.78 is 2.23. The molecule has 1 aromatic rings. The van der Waals surface area contributed by atoms with Crippen LogP contribution in [-0.4, -0.2) is 16.0 Å². The number of halogens is 2. The topological polar surface area (TPSA) is 40.7 Å². The number of nitrogens with zero attached hydrogens (tertiary/aromatic N) is 1. The van der Waals surface area contributed by atoms with Gasteiger partial charge in [0.25, 0.3) is 0 Å². The highest BCUT2D eigenvalue weighted by atomic mass is 127. The molecule has 0 spiro atoms. The van der Waals surface area contributed by atoms with Gasteiger partial charge in [-0.05, 0) is 64.9 Å². The second-order valence-electron chi connectivity index (χ2n) is 3.42. The van der Waals surface area contributed by atoms with Crippen molar-refractivity contribution in [3.05, 3.63) is 13.2 Å². The van der Waals surface area contributed by atoms with Gasteiger partial charge in [0.15, 0.2) is 0 Å². The molecule has 0 aromatic carbocycles. The fraction of sp³-hybridized carbons (Fsp3) is 0.625. The summed E-state index contributed by atoms with van der Waals surface area (Å²) in [5.41, 5.74) is 0. The summed E-state index contributed by atoms with van der Waals surface area (Å²) in [5.74, 6) is 1.10. The van der Waals surface area contributed by atoms with Crippen LogP contribution in [0.5, 0.6) is 0 Å². The first-order chi connectivity index (χ1) is 6.16. The van der Waals surface area contributed by atoms with Crippen LogP contribution in [0.3, 0.4) is 0 Å². The van der Waals surface area contributed by atoms with E-state index in [1.807, 2.05) is 0 Å². The van der Waals surface area contributed by atoms with Crippen molar-refractivity contribution in [1.82, 2.24) is 15.3 Å². The van der Waals surface area contributed by atoms with Crippen molar-refractivity contribution in [3.63, 3.8) is 0 Å². The van der Waals surface area contributed by atoms with Crippen molar-refractivity contribution in [1.29, 1.82) is 0 Å². The van der Waals surface area contributed by atoms with Crippen molar-refractivity contribution < 1.29 is 0 Å².